The fraction of sp³-hybridized carbons (Fsp3) is 0.679. The van der Waals surface area contributed by atoms with Crippen LogP contribution in [0.2, 0.25) is 0 Å². The molecule has 3 atom stereocenters. The molecule has 1 aromatic rings. The molecule has 0 spiro atoms. The van der Waals surface area contributed by atoms with Crippen LogP contribution in [-0.2, 0) is 11.2 Å². The molecule has 0 unspecified atom stereocenters. The Kier molecular flexibility index (Phi) is 9.22. The Hall–Kier alpha value is -1.81. The van der Waals surface area contributed by atoms with E-state index in [0.717, 1.165) is 50.6 Å². The predicted octanol–water partition coefficient (Wildman–Crippen LogP) is 6.87. The predicted molar refractivity (Wildman–Crippen MR) is 130 cm³/mol. The van der Waals surface area contributed by atoms with Gasteiger partial charge in [0, 0.05) is 11.1 Å². The van der Waals surface area contributed by atoms with Gasteiger partial charge in [-0.25, -0.2) is 4.79 Å². The van der Waals surface area contributed by atoms with E-state index in [0.29, 0.717) is 6.61 Å². The Balaban J connectivity index is 1.86. The largest absolute Gasteiger partial charge is 0.447 e. The lowest BCUT2D eigenvalue weighted by Gasteiger charge is -2.46. The molecule has 1 N–H and O–H groups in total. The van der Waals surface area contributed by atoms with Crippen molar-refractivity contribution in [1.29, 1.82) is 0 Å². The average molecular weight is 442 g/mol. The first kappa shape index (κ1) is 24.8. The summed E-state index contributed by atoms with van der Waals surface area (Å²) >= 11 is 0. The molecule has 4 heteroatoms. The number of hydrogen-bond donors (Lipinski definition) is 1. The third kappa shape index (κ3) is 5.57. The van der Waals surface area contributed by atoms with Crippen LogP contribution in [0.4, 0.5) is 4.79 Å². The number of aliphatic hydroxyl groups excluding tert-OH is 1. The zero-order valence-corrected chi connectivity index (χ0v) is 20.2. The van der Waals surface area contributed by atoms with Gasteiger partial charge in [-0.2, -0.15) is 0 Å². The van der Waals surface area contributed by atoms with Gasteiger partial charge < -0.3 is 9.84 Å². The smallest absolute Gasteiger partial charge is 0.414 e. The van der Waals surface area contributed by atoms with Crippen LogP contribution in [0.25, 0.3) is 0 Å². The second kappa shape index (κ2) is 11.9. The lowest BCUT2D eigenvalue weighted by molar-refractivity contribution is -0.0310. The number of ether oxygens (including phenoxy) is 1. The second-order valence-electron chi connectivity index (χ2n) is 9.90. The number of carbonyl (C=O) groups is 1. The van der Waals surface area contributed by atoms with Crippen molar-refractivity contribution in [2.24, 2.45) is 11.3 Å². The van der Waals surface area contributed by atoms with Crippen LogP contribution in [0, 0.1) is 11.3 Å². The van der Waals surface area contributed by atoms with Crippen LogP contribution in [0.5, 0.6) is 0 Å². The van der Waals surface area contributed by atoms with Crippen molar-refractivity contribution < 1.29 is 14.6 Å². The van der Waals surface area contributed by atoms with E-state index in [4.69, 9.17) is 4.74 Å². The molecule has 1 aliphatic carbocycles. The van der Waals surface area contributed by atoms with Crippen LogP contribution in [0.15, 0.2) is 42.6 Å². The Morgan fingerprint density at radius 3 is 2.53 bits per heavy atom. The van der Waals surface area contributed by atoms with Crippen LogP contribution in [0.1, 0.15) is 90.0 Å². The van der Waals surface area contributed by atoms with Gasteiger partial charge in [0.1, 0.15) is 6.61 Å². The van der Waals surface area contributed by atoms with Crippen molar-refractivity contribution >= 4 is 6.09 Å². The van der Waals surface area contributed by atoms with Gasteiger partial charge in [0.2, 0.25) is 0 Å². The quantitative estimate of drug-likeness (QED) is 0.360. The van der Waals surface area contributed by atoms with Gasteiger partial charge >= 0.3 is 6.09 Å². The number of cyclic esters (lactones) is 1. The molecular formula is C28H43NO3. The summed E-state index contributed by atoms with van der Waals surface area (Å²) in [6.07, 6.45) is 12.0. The number of benzene rings is 1. The molecule has 4 nitrogen and oxygen atoms in total. The lowest BCUT2D eigenvalue weighted by Crippen LogP contribution is -2.49. The van der Waals surface area contributed by atoms with Crippen molar-refractivity contribution in [3.05, 3.63) is 48.2 Å². The highest BCUT2D eigenvalue weighted by atomic mass is 16.6. The molecule has 2 aliphatic rings. The zero-order chi connectivity index (χ0) is 23.0. The third-order valence-corrected chi connectivity index (χ3v) is 7.91. The molecule has 178 valence electrons. The van der Waals surface area contributed by atoms with Gasteiger partial charge in [-0.3, -0.25) is 4.90 Å². The number of hydrogen-bond acceptors (Lipinski definition) is 3. The standard InChI is InChI=1S/C28H43NO3/c1-4-6-7-14-19-28(5-2,26(30)24-17-12-9-13-18-24)22(3)29-25(21-32-27(29)31)20-23-15-10-8-11-16-23/h8,10-11,15-16,24-26,30H,3-7,9,12-14,17-21H2,1-2H3/t25-,26-,28+/m0/s1. The molecule has 2 fully saturated rings. The summed E-state index contributed by atoms with van der Waals surface area (Å²) in [7, 11) is 0. The zero-order valence-electron chi connectivity index (χ0n) is 20.2. The molecular weight excluding hydrogens is 398 g/mol. The summed E-state index contributed by atoms with van der Waals surface area (Å²) in [4.78, 5) is 14.7. The molecule has 1 aliphatic heterocycles. The maximum absolute atomic E-state index is 12.9. The van der Waals surface area contributed by atoms with Crippen molar-refractivity contribution in [2.45, 2.75) is 103 Å². The molecule has 0 bridgehead atoms. The molecule has 1 aromatic carbocycles. The summed E-state index contributed by atoms with van der Waals surface area (Å²) in [5.74, 6) is 0.290. The van der Waals surface area contributed by atoms with Crippen molar-refractivity contribution in [1.82, 2.24) is 4.90 Å². The monoisotopic (exact) mass is 441 g/mol. The molecule has 1 amide bonds. The van der Waals surface area contributed by atoms with Gasteiger partial charge in [0.25, 0.3) is 0 Å². The van der Waals surface area contributed by atoms with E-state index in [1.165, 1.54) is 37.7 Å². The Morgan fingerprint density at radius 1 is 1.16 bits per heavy atom. The molecule has 1 heterocycles. The van der Waals surface area contributed by atoms with Gasteiger partial charge in [0.05, 0.1) is 12.1 Å². The Morgan fingerprint density at radius 2 is 1.88 bits per heavy atom. The molecule has 1 saturated heterocycles. The maximum Gasteiger partial charge on any atom is 0.414 e. The first-order valence-corrected chi connectivity index (χ1v) is 12.9. The number of unbranched alkanes of at least 4 members (excludes halogenated alkanes) is 3. The summed E-state index contributed by atoms with van der Waals surface area (Å²) in [6, 6.07) is 10.2. The minimum atomic E-state index is -0.478. The summed E-state index contributed by atoms with van der Waals surface area (Å²) in [5.41, 5.74) is 1.48. The van der Waals surface area contributed by atoms with Crippen LogP contribution in [0.3, 0.4) is 0 Å². The van der Waals surface area contributed by atoms with Crippen LogP contribution < -0.4 is 0 Å². The van der Waals surface area contributed by atoms with E-state index >= 15 is 0 Å². The Bertz CT molecular complexity index is 727. The average Bonchev–Trinajstić information content (AvgIpc) is 3.19. The second-order valence-corrected chi connectivity index (χ2v) is 9.90. The first-order chi connectivity index (χ1) is 15.5. The highest BCUT2D eigenvalue weighted by Gasteiger charge is 2.48. The van der Waals surface area contributed by atoms with Crippen molar-refractivity contribution in [3.63, 3.8) is 0 Å². The molecule has 1 saturated carbocycles. The fourth-order valence-electron chi connectivity index (χ4n) is 5.89. The van der Waals surface area contributed by atoms with Crippen molar-refractivity contribution in [3.8, 4) is 0 Å². The van der Waals surface area contributed by atoms with Gasteiger partial charge in [0.15, 0.2) is 0 Å². The number of carbonyl (C=O) groups excluding carboxylic acids is 1. The van der Waals surface area contributed by atoms with E-state index in [2.05, 4.69) is 32.6 Å². The molecule has 32 heavy (non-hydrogen) atoms. The molecule has 0 aromatic heterocycles. The van der Waals surface area contributed by atoms with Crippen molar-refractivity contribution in [2.75, 3.05) is 6.61 Å². The van der Waals surface area contributed by atoms with E-state index in [-0.39, 0.29) is 18.1 Å². The Labute approximate surface area is 195 Å². The molecule has 0 radical (unpaired) electrons. The lowest BCUT2D eigenvalue weighted by atomic mass is 9.65. The fourth-order valence-corrected chi connectivity index (χ4v) is 5.89. The normalized spacial score (nSPS) is 22.4. The van der Waals surface area contributed by atoms with Gasteiger partial charge in [-0.1, -0.05) is 95.7 Å². The van der Waals surface area contributed by atoms with E-state index in [9.17, 15) is 9.90 Å². The minimum absolute atomic E-state index is 0.0717. The number of rotatable bonds is 12. The maximum atomic E-state index is 12.9. The van der Waals surface area contributed by atoms with Crippen LogP contribution >= 0.6 is 0 Å². The topological polar surface area (TPSA) is 49.8 Å². The highest BCUT2D eigenvalue weighted by molar-refractivity contribution is 5.73. The number of nitrogens with zero attached hydrogens (tertiary/aromatic N) is 1. The van der Waals surface area contributed by atoms with Crippen LogP contribution in [-0.4, -0.2) is 34.9 Å². The number of aliphatic hydroxyl groups is 1. The van der Waals surface area contributed by atoms with Gasteiger partial charge in [-0.15, -0.1) is 0 Å². The van der Waals surface area contributed by atoms with E-state index < -0.39 is 11.5 Å². The SMILES string of the molecule is C=C(N1C(=O)OC[C@@H]1Cc1ccccc1)[C@@](CC)(CCCCCC)[C@@H](O)C1CCCCC1. The summed E-state index contributed by atoms with van der Waals surface area (Å²) in [6.45, 7) is 9.26. The van der Waals surface area contributed by atoms with E-state index in [1.54, 1.807) is 4.90 Å². The third-order valence-electron chi connectivity index (χ3n) is 7.91. The van der Waals surface area contributed by atoms with Gasteiger partial charge in [-0.05, 0) is 43.6 Å². The summed E-state index contributed by atoms with van der Waals surface area (Å²) in [5, 5.41) is 11.8. The summed E-state index contributed by atoms with van der Waals surface area (Å²) < 4.78 is 5.52. The number of amides is 1. The minimum Gasteiger partial charge on any atom is -0.447 e. The van der Waals surface area contributed by atoms with E-state index in [1.807, 2.05) is 18.2 Å². The first-order valence-electron chi connectivity index (χ1n) is 12.9. The highest BCUT2D eigenvalue weighted by Crippen LogP contribution is 2.48. The molecule has 3 rings (SSSR count).